The summed E-state index contributed by atoms with van der Waals surface area (Å²) in [5, 5.41) is 2.67. The molecule has 0 bridgehead atoms. The summed E-state index contributed by atoms with van der Waals surface area (Å²) in [6.45, 7) is 7.64. The molecule has 3 atom stereocenters. The number of para-hydroxylation sites is 2. The second-order valence-electron chi connectivity index (χ2n) is 8.76. The van der Waals surface area contributed by atoms with Gasteiger partial charge in [0.2, 0.25) is 11.8 Å². The molecule has 4 amide bonds. The fourth-order valence-corrected chi connectivity index (χ4v) is 4.85. The highest BCUT2D eigenvalue weighted by molar-refractivity contribution is 6.21. The molecule has 1 aromatic rings. The summed E-state index contributed by atoms with van der Waals surface area (Å²) in [5.41, 5.74) is 5.74. The lowest BCUT2D eigenvalue weighted by molar-refractivity contribution is -0.140. The largest absolute Gasteiger partial charge is 0.369 e. The van der Waals surface area contributed by atoms with Gasteiger partial charge in [-0.3, -0.25) is 19.2 Å². The molecule has 166 valence electrons. The van der Waals surface area contributed by atoms with Gasteiger partial charge in [-0.2, -0.15) is 0 Å². The van der Waals surface area contributed by atoms with Crippen LogP contribution in [0.4, 0.5) is 11.4 Å². The summed E-state index contributed by atoms with van der Waals surface area (Å²) in [4.78, 5) is 54.8. The molecule has 0 aromatic heterocycles. The lowest BCUT2D eigenvalue weighted by atomic mass is 9.80. The molecule has 2 aliphatic rings. The Labute approximate surface area is 182 Å². The van der Waals surface area contributed by atoms with Gasteiger partial charge in [-0.05, 0) is 36.8 Å². The smallest absolute Gasteiger partial charge is 0.259 e. The van der Waals surface area contributed by atoms with Crippen molar-refractivity contribution in [3.63, 3.8) is 0 Å². The number of likely N-dealkylation sites (N-methyl/N-ethyl adjacent to an activating group) is 2. The van der Waals surface area contributed by atoms with Crippen LogP contribution in [0.15, 0.2) is 36.9 Å². The molecular weight excluding hydrogens is 396 g/mol. The van der Waals surface area contributed by atoms with Crippen molar-refractivity contribution in [2.24, 2.45) is 28.9 Å². The van der Waals surface area contributed by atoms with Crippen LogP contribution in [-0.4, -0.2) is 43.8 Å². The van der Waals surface area contributed by atoms with E-state index in [1.807, 2.05) is 13.8 Å². The van der Waals surface area contributed by atoms with Crippen molar-refractivity contribution < 1.29 is 19.2 Å². The van der Waals surface area contributed by atoms with Gasteiger partial charge in [0, 0.05) is 14.1 Å². The number of carbonyl (C=O) groups excluding carboxylic acids is 4. The van der Waals surface area contributed by atoms with Gasteiger partial charge in [-0.1, -0.05) is 32.1 Å². The van der Waals surface area contributed by atoms with Crippen molar-refractivity contribution in [2.75, 3.05) is 23.9 Å². The quantitative estimate of drug-likeness (QED) is 0.507. The average molecular weight is 427 g/mol. The second-order valence-corrected chi connectivity index (χ2v) is 8.76. The summed E-state index contributed by atoms with van der Waals surface area (Å²) in [6, 6.07) is 5.65. The maximum atomic E-state index is 13.5. The molecule has 31 heavy (non-hydrogen) atoms. The van der Waals surface area contributed by atoms with Crippen LogP contribution < -0.4 is 20.9 Å². The summed E-state index contributed by atoms with van der Waals surface area (Å²) >= 11 is 0. The Morgan fingerprint density at radius 1 is 1.19 bits per heavy atom. The normalized spacial score (nSPS) is 24.5. The Morgan fingerprint density at radius 3 is 2.10 bits per heavy atom. The molecule has 0 saturated heterocycles. The number of primary amides is 1. The van der Waals surface area contributed by atoms with E-state index in [1.54, 1.807) is 44.4 Å². The Morgan fingerprint density at radius 2 is 1.71 bits per heavy atom. The summed E-state index contributed by atoms with van der Waals surface area (Å²) in [6.07, 6.45) is 2.29. The molecule has 3 rings (SSSR count). The first-order chi connectivity index (χ1) is 14.6. The molecule has 1 aliphatic heterocycles. The van der Waals surface area contributed by atoms with Crippen LogP contribution in [-0.2, 0) is 19.2 Å². The van der Waals surface area contributed by atoms with Crippen LogP contribution in [0.25, 0.3) is 0 Å². The lowest BCUT2D eigenvalue weighted by Crippen LogP contribution is -2.57. The van der Waals surface area contributed by atoms with E-state index in [1.165, 1.54) is 9.80 Å². The van der Waals surface area contributed by atoms with Crippen molar-refractivity contribution in [2.45, 2.75) is 32.7 Å². The number of nitrogens with zero attached hydrogens (tertiary/aromatic N) is 2. The van der Waals surface area contributed by atoms with Crippen molar-refractivity contribution in [3.8, 4) is 0 Å². The summed E-state index contributed by atoms with van der Waals surface area (Å²) in [5.74, 6) is -2.84. The predicted octanol–water partition coefficient (Wildman–Crippen LogP) is 1.45. The highest BCUT2D eigenvalue weighted by atomic mass is 16.2. The number of amides is 4. The number of nitrogens with one attached hydrogen (secondary N) is 1. The van der Waals surface area contributed by atoms with Gasteiger partial charge in [0.15, 0.2) is 6.04 Å². The van der Waals surface area contributed by atoms with Gasteiger partial charge in [-0.25, -0.2) is 0 Å². The van der Waals surface area contributed by atoms with E-state index in [-0.39, 0.29) is 18.3 Å². The fraction of sp³-hybridized carbons (Fsp3) is 0.478. The number of hydrogen-bond donors (Lipinski definition) is 2. The molecule has 8 nitrogen and oxygen atoms in total. The fourth-order valence-electron chi connectivity index (χ4n) is 4.85. The van der Waals surface area contributed by atoms with Crippen molar-refractivity contribution in [1.29, 1.82) is 0 Å². The topological polar surface area (TPSA) is 113 Å². The number of allylic oxidation sites excluding steroid dienone is 1. The third-order valence-electron chi connectivity index (χ3n) is 6.69. The minimum absolute atomic E-state index is 0.0754. The van der Waals surface area contributed by atoms with Crippen LogP contribution in [0, 0.1) is 23.2 Å². The Bertz CT molecular complexity index is 902. The van der Waals surface area contributed by atoms with E-state index < -0.39 is 41.0 Å². The first-order valence-electron chi connectivity index (χ1n) is 10.4. The minimum Gasteiger partial charge on any atom is -0.369 e. The highest BCUT2D eigenvalue weighted by Gasteiger charge is 2.66. The van der Waals surface area contributed by atoms with E-state index in [2.05, 4.69) is 11.9 Å². The molecular formula is C23H30N4O4. The van der Waals surface area contributed by atoms with Crippen LogP contribution in [0.5, 0.6) is 0 Å². The van der Waals surface area contributed by atoms with E-state index in [0.717, 1.165) is 0 Å². The Kier molecular flexibility index (Phi) is 5.93. The third-order valence-corrected chi connectivity index (χ3v) is 6.69. The van der Waals surface area contributed by atoms with Crippen LogP contribution >= 0.6 is 0 Å². The van der Waals surface area contributed by atoms with E-state index >= 15 is 0 Å². The van der Waals surface area contributed by atoms with Gasteiger partial charge in [0.25, 0.3) is 11.8 Å². The lowest BCUT2D eigenvalue weighted by Gasteiger charge is -2.28. The molecule has 1 unspecified atom stereocenters. The number of rotatable bonds is 7. The molecule has 1 aromatic carbocycles. The SMILES string of the molecule is C=CC[C@H](C(N)=O)C1(C(=O)NC2C(=O)N(C)c3ccccc3N(C)C2=O)C[C@H]1C(C)C. The number of hydrogen-bond acceptors (Lipinski definition) is 4. The number of benzene rings is 1. The zero-order valence-corrected chi connectivity index (χ0v) is 18.4. The number of anilines is 2. The monoisotopic (exact) mass is 426 g/mol. The first kappa shape index (κ1) is 22.5. The van der Waals surface area contributed by atoms with Gasteiger partial charge in [0.1, 0.15) is 0 Å². The average Bonchev–Trinajstić information content (AvgIpc) is 3.50. The summed E-state index contributed by atoms with van der Waals surface area (Å²) in [7, 11) is 3.14. The van der Waals surface area contributed by atoms with Gasteiger partial charge < -0.3 is 20.9 Å². The van der Waals surface area contributed by atoms with Gasteiger partial charge in [0.05, 0.1) is 22.7 Å². The molecule has 1 aliphatic carbocycles. The number of fused-ring (bicyclic) bond motifs is 1. The molecule has 0 radical (unpaired) electrons. The van der Waals surface area contributed by atoms with Crippen LogP contribution in [0.1, 0.15) is 26.7 Å². The van der Waals surface area contributed by atoms with E-state index in [0.29, 0.717) is 17.8 Å². The maximum absolute atomic E-state index is 13.5. The number of carbonyl (C=O) groups is 4. The van der Waals surface area contributed by atoms with E-state index in [9.17, 15) is 19.2 Å². The zero-order chi connectivity index (χ0) is 23.1. The number of nitrogens with two attached hydrogens (primary N) is 1. The predicted molar refractivity (Wildman–Crippen MR) is 118 cm³/mol. The van der Waals surface area contributed by atoms with Gasteiger partial charge >= 0.3 is 0 Å². The first-order valence-corrected chi connectivity index (χ1v) is 10.4. The molecule has 1 heterocycles. The Balaban J connectivity index is 1.95. The van der Waals surface area contributed by atoms with Crippen LogP contribution in [0.3, 0.4) is 0 Å². The maximum Gasteiger partial charge on any atom is 0.259 e. The summed E-state index contributed by atoms with van der Waals surface area (Å²) < 4.78 is 0. The molecule has 0 spiro atoms. The van der Waals surface area contributed by atoms with Gasteiger partial charge in [-0.15, -0.1) is 6.58 Å². The molecule has 8 heteroatoms. The minimum atomic E-state index is -1.39. The molecule has 1 saturated carbocycles. The van der Waals surface area contributed by atoms with Crippen molar-refractivity contribution in [3.05, 3.63) is 36.9 Å². The van der Waals surface area contributed by atoms with Crippen molar-refractivity contribution >= 4 is 35.0 Å². The van der Waals surface area contributed by atoms with E-state index in [4.69, 9.17) is 5.73 Å². The highest BCUT2D eigenvalue weighted by Crippen LogP contribution is 2.62. The molecule has 3 N–H and O–H groups in total. The third kappa shape index (κ3) is 3.60. The zero-order valence-electron chi connectivity index (χ0n) is 18.4. The van der Waals surface area contributed by atoms with Crippen LogP contribution in [0.2, 0.25) is 0 Å². The van der Waals surface area contributed by atoms with Crippen molar-refractivity contribution in [1.82, 2.24) is 5.32 Å². The second kappa shape index (κ2) is 8.17. The molecule has 1 fully saturated rings. The standard InChI is InChI=1S/C23H30N4O4/c1-6-9-14(19(24)28)23(12-15(23)13(2)3)22(31)25-18-20(29)26(4)16-10-7-8-11-17(16)27(5)21(18)30/h6-8,10-11,13-15,18H,1,9,12H2,2-5H3,(H2,24,28)(H,25,31)/t14-,15+,23?/m1/s1. The Hall–Kier alpha value is -3.16.